The molecule has 1 aromatic rings. The van der Waals surface area contributed by atoms with Gasteiger partial charge in [0, 0.05) is 23.7 Å². The number of hydrazone groups is 1. The topological polar surface area (TPSA) is 98.0 Å². The van der Waals surface area contributed by atoms with Crippen molar-refractivity contribution in [3.8, 4) is 11.5 Å². The maximum absolute atomic E-state index is 11.1. The first-order chi connectivity index (χ1) is 12.0. The number of nitro benzene ring substituents is 1. The van der Waals surface area contributed by atoms with Gasteiger partial charge in [0.05, 0.1) is 25.4 Å². The van der Waals surface area contributed by atoms with Gasteiger partial charge in [-0.1, -0.05) is 19.3 Å². The summed E-state index contributed by atoms with van der Waals surface area (Å²) in [6.07, 6.45) is 7.31. The highest BCUT2D eigenvalue weighted by Gasteiger charge is 2.19. The zero-order valence-corrected chi connectivity index (χ0v) is 15.1. The van der Waals surface area contributed by atoms with Crippen molar-refractivity contribution in [2.24, 2.45) is 5.10 Å². The minimum atomic E-state index is -0.516. The summed E-state index contributed by atoms with van der Waals surface area (Å²) in [6, 6.07) is 3.18. The first-order valence-corrected chi connectivity index (χ1v) is 8.46. The zero-order valence-electron chi connectivity index (χ0n) is 14.3. The van der Waals surface area contributed by atoms with Crippen molar-refractivity contribution < 1.29 is 14.4 Å². The fourth-order valence-corrected chi connectivity index (χ4v) is 2.99. The maximum atomic E-state index is 11.1. The van der Waals surface area contributed by atoms with Crippen LogP contribution in [0.4, 0.5) is 5.69 Å². The largest absolute Gasteiger partial charge is 0.496 e. The first kappa shape index (κ1) is 18.9. The zero-order chi connectivity index (χ0) is 18.2. The molecule has 0 heterocycles. The van der Waals surface area contributed by atoms with Gasteiger partial charge in [0.2, 0.25) is 5.75 Å². The Balaban J connectivity index is 2.04. The van der Waals surface area contributed by atoms with E-state index in [2.05, 4.69) is 15.8 Å². The lowest BCUT2D eigenvalue weighted by molar-refractivity contribution is -0.385. The molecule has 8 nitrogen and oxygen atoms in total. The fourth-order valence-electron chi connectivity index (χ4n) is 2.77. The molecule has 9 heteroatoms. The van der Waals surface area contributed by atoms with Crippen LogP contribution >= 0.6 is 12.2 Å². The third-order valence-corrected chi connectivity index (χ3v) is 4.25. The quantitative estimate of drug-likeness (QED) is 0.346. The van der Waals surface area contributed by atoms with Gasteiger partial charge in [-0.2, -0.15) is 5.10 Å². The van der Waals surface area contributed by atoms with Gasteiger partial charge in [-0.25, -0.2) is 0 Å². The summed E-state index contributed by atoms with van der Waals surface area (Å²) in [5.74, 6) is 0.542. The van der Waals surface area contributed by atoms with Gasteiger partial charge in [-0.3, -0.25) is 15.5 Å². The van der Waals surface area contributed by atoms with Crippen molar-refractivity contribution >= 4 is 29.2 Å². The number of nitro groups is 1. The SMILES string of the molecule is COc1cc(OC)c([N+](=O)[O-])cc1/C=N\NC(=S)NC1CCCCC1. The fraction of sp³-hybridized carbons (Fsp3) is 0.500. The third kappa shape index (κ3) is 5.28. The predicted octanol–water partition coefficient (Wildman–Crippen LogP) is 2.74. The van der Waals surface area contributed by atoms with E-state index < -0.39 is 4.92 Å². The van der Waals surface area contributed by atoms with Crippen molar-refractivity contribution in [3.05, 3.63) is 27.8 Å². The molecule has 1 fully saturated rings. The highest BCUT2D eigenvalue weighted by molar-refractivity contribution is 7.80. The molecular formula is C16H22N4O4S. The van der Waals surface area contributed by atoms with Crippen LogP contribution in [-0.4, -0.2) is 36.5 Å². The summed E-state index contributed by atoms with van der Waals surface area (Å²) < 4.78 is 10.3. The number of hydrogen-bond acceptors (Lipinski definition) is 6. The summed E-state index contributed by atoms with van der Waals surface area (Å²) in [4.78, 5) is 10.6. The number of hydrogen-bond donors (Lipinski definition) is 2. The van der Waals surface area contributed by atoms with Gasteiger partial charge in [0.25, 0.3) is 0 Å². The van der Waals surface area contributed by atoms with Gasteiger partial charge in [-0.15, -0.1) is 0 Å². The Kier molecular flexibility index (Phi) is 6.93. The molecule has 0 aliphatic heterocycles. The summed E-state index contributed by atoms with van der Waals surface area (Å²) in [7, 11) is 2.84. The molecule has 0 saturated heterocycles. The normalized spacial score (nSPS) is 15.0. The molecule has 0 amide bonds. The number of ether oxygens (including phenoxy) is 2. The van der Waals surface area contributed by atoms with E-state index in [0.717, 1.165) is 12.8 Å². The lowest BCUT2D eigenvalue weighted by atomic mass is 9.96. The molecule has 0 aromatic heterocycles. The summed E-state index contributed by atoms with van der Waals surface area (Å²) in [6.45, 7) is 0. The smallest absolute Gasteiger partial charge is 0.311 e. The minimum Gasteiger partial charge on any atom is -0.496 e. The molecule has 0 unspecified atom stereocenters. The van der Waals surface area contributed by atoms with E-state index in [1.54, 1.807) is 0 Å². The molecule has 1 aliphatic carbocycles. The van der Waals surface area contributed by atoms with Crippen molar-refractivity contribution in [2.45, 2.75) is 38.1 Å². The number of nitrogens with one attached hydrogen (secondary N) is 2. The van der Waals surface area contributed by atoms with E-state index in [9.17, 15) is 10.1 Å². The van der Waals surface area contributed by atoms with Crippen molar-refractivity contribution in [2.75, 3.05) is 14.2 Å². The highest BCUT2D eigenvalue weighted by atomic mass is 32.1. The predicted molar refractivity (Wildman–Crippen MR) is 99.5 cm³/mol. The molecular weight excluding hydrogens is 344 g/mol. The summed E-state index contributed by atoms with van der Waals surface area (Å²) in [5.41, 5.74) is 3.03. The molecule has 0 radical (unpaired) electrons. The van der Waals surface area contributed by atoms with Crippen LogP contribution in [0.2, 0.25) is 0 Å². The average molecular weight is 366 g/mol. The minimum absolute atomic E-state index is 0.126. The second kappa shape index (κ2) is 9.16. The molecule has 0 atom stereocenters. The van der Waals surface area contributed by atoms with Gasteiger partial charge >= 0.3 is 5.69 Å². The van der Waals surface area contributed by atoms with E-state index in [1.807, 2.05) is 0 Å². The van der Waals surface area contributed by atoms with E-state index in [0.29, 0.717) is 22.5 Å². The molecule has 1 aromatic carbocycles. The molecule has 136 valence electrons. The molecule has 1 saturated carbocycles. The third-order valence-electron chi connectivity index (χ3n) is 4.04. The maximum Gasteiger partial charge on any atom is 0.311 e. The van der Waals surface area contributed by atoms with Crippen LogP contribution in [0.1, 0.15) is 37.7 Å². The molecule has 2 rings (SSSR count). The standard InChI is InChI=1S/C16H22N4O4S/c1-23-14-9-15(24-2)13(20(21)22)8-11(14)10-17-19-16(25)18-12-6-4-3-5-7-12/h8-10,12H,3-7H2,1-2H3,(H2,18,19,25)/b17-10-. The first-order valence-electron chi connectivity index (χ1n) is 8.05. The average Bonchev–Trinajstić information content (AvgIpc) is 2.61. The van der Waals surface area contributed by atoms with Crippen LogP contribution in [0.15, 0.2) is 17.2 Å². The van der Waals surface area contributed by atoms with Gasteiger partial charge in [0.15, 0.2) is 5.11 Å². The molecule has 2 N–H and O–H groups in total. The van der Waals surface area contributed by atoms with Crippen LogP contribution in [-0.2, 0) is 0 Å². The van der Waals surface area contributed by atoms with Crippen LogP contribution < -0.4 is 20.2 Å². The monoisotopic (exact) mass is 366 g/mol. The second-order valence-electron chi connectivity index (χ2n) is 5.70. The molecule has 1 aliphatic rings. The van der Waals surface area contributed by atoms with Gasteiger partial charge in [-0.05, 0) is 25.1 Å². The Morgan fingerprint density at radius 1 is 1.28 bits per heavy atom. The van der Waals surface area contributed by atoms with Crippen molar-refractivity contribution in [1.29, 1.82) is 0 Å². The number of thiocarbonyl (C=S) groups is 1. The second-order valence-corrected chi connectivity index (χ2v) is 6.11. The number of rotatable bonds is 6. The molecule has 0 bridgehead atoms. The number of nitrogens with zero attached hydrogens (tertiary/aromatic N) is 2. The Bertz CT molecular complexity index is 660. The summed E-state index contributed by atoms with van der Waals surface area (Å²) in [5, 5.41) is 18.8. The van der Waals surface area contributed by atoms with E-state index in [4.69, 9.17) is 21.7 Å². The number of methoxy groups -OCH3 is 2. The number of benzene rings is 1. The lowest BCUT2D eigenvalue weighted by Gasteiger charge is -2.23. The van der Waals surface area contributed by atoms with Crippen LogP contribution in [0.5, 0.6) is 11.5 Å². The Morgan fingerprint density at radius 2 is 1.96 bits per heavy atom. The lowest BCUT2D eigenvalue weighted by Crippen LogP contribution is -2.40. The van der Waals surface area contributed by atoms with E-state index in [1.165, 1.54) is 51.8 Å². The van der Waals surface area contributed by atoms with Crippen molar-refractivity contribution in [3.63, 3.8) is 0 Å². The summed E-state index contributed by atoms with van der Waals surface area (Å²) >= 11 is 5.22. The Labute approximate surface area is 151 Å². The van der Waals surface area contributed by atoms with Crippen molar-refractivity contribution in [1.82, 2.24) is 10.7 Å². The van der Waals surface area contributed by atoms with E-state index >= 15 is 0 Å². The molecule has 25 heavy (non-hydrogen) atoms. The van der Waals surface area contributed by atoms with Gasteiger partial charge < -0.3 is 14.8 Å². The van der Waals surface area contributed by atoms with Crippen LogP contribution in [0.25, 0.3) is 0 Å². The Hall–Kier alpha value is -2.42. The molecule has 0 spiro atoms. The van der Waals surface area contributed by atoms with Crippen LogP contribution in [0, 0.1) is 10.1 Å². The van der Waals surface area contributed by atoms with Gasteiger partial charge in [0.1, 0.15) is 5.75 Å². The van der Waals surface area contributed by atoms with Crippen LogP contribution in [0.3, 0.4) is 0 Å². The van der Waals surface area contributed by atoms with E-state index in [-0.39, 0.29) is 11.4 Å². The Morgan fingerprint density at radius 3 is 2.56 bits per heavy atom. The highest BCUT2D eigenvalue weighted by Crippen LogP contribution is 2.33.